The van der Waals surface area contributed by atoms with Crippen molar-refractivity contribution in [1.82, 2.24) is 10.2 Å². The molecule has 2 aliphatic heterocycles. The van der Waals surface area contributed by atoms with E-state index in [-0.39, 0.29) is 6.10 Å². The molecule has 0 bridgehead atoms. The molecule has 1 atom stereocenters. The highest BCUT2D eigenvalue weighted by Crippen LogP contribution is 2.22. The fourth-order valence-corrected chi connectivity index (χ4v) is 3.63. The van der Waals surface area contributed by atoms with Gasteiger partial charge in [0.1, 0.15) is 6.10 Å². The van der Waals surface area contributed by atoms with Gasteiger partial charge in [-0.25, -0.2) is 0 Å². The van der Waals surface area contributed by atoms with Crippen molar-refractivity contribution in [3.05, 3.63) is 17.5 Å². The first-order valence-corrected chi connectivity index (χ1v) is 9.26. The Balaban J connectivity index is 1.54. The van der Waals surface area contributed by atoms with Crippen LogP contribution in [0.5, 0.6) is 0 Å². The Morgan fingerprint density at radius 1 is 1.35 bits per heavy atom. The van der Waals surface area contributed by atoms with Crippen LogP contribution in [-0.4, -0.2) is 76.1 Å². The van der Waals surface area contributed by atoms with Crippen molar-refractivity contribution in [3.8, 4) is 0 Å². The van der Waals surface area contributed by atoms with Crippen molar-refractivity contribution < 1.29 is 9.47 Å². The van der Waals surface area contributed by atoms with Crippen LogP contribution in [0.25, 0.3) is 0 Å². The molecule has 6 nitrogen and oxygen atoms in total. The maximum Gasteiger partial charge on any atom is 0.194 e. The van der Waals surface area contributed by atoms with E-state index in [9.17, 15) is 0 Å². The van der Waals surface area contributed by atoms with E-state index in [2.05, 4.69) is 39.6 Å². The number of nitrogens with one attached hydrogen (secondary N) is 1. The SMILES string of the molecule is CCNC(=NCC1COCCO1)N1CCN(c2cccs2)CC1. The van der Waals surface area contributed by atoms with Gasteiger partial charge in [-0.15, -0.1) is 11.3 Å². The lowest BCUT2D eigenvalue weighted by Gasteiger charge is -2.37. The van der Waals surface area contributed by atoms with Crippen molar-refractivity contribution >= 4 is 22.3 Å². The van der Waals surface area contributed by atoms with Crippen molar-refractivity contribution in [2.45, 2.75) is 13.0 Å². The molecule has 0 aromatic carbocycles. The van der Waals surface area contributed by atoms with Gasteiger partial charge in [-0.05, 0) is 24.4 Å². The predicted octanol–water partition coefficient (Wildman–Crippen LogP) is 1.25. The van der Waals surface area contributed by atoms with E-state index in [1.165, 1.54) is 5.00 Å². The summed E-state index contributed by atoms with van der Waals surface area (Å²) in [5.41, 5.74) is 0. The molecule has 2 saturated heterocycles. The summed E-state index contributed by atoms with van der Waals surface area (Å²) >= 11 is 1.81. The lowest BCUT2D eigenvalue weighted by molar-refractivity contribution is -0.0833. The third-order valence-electron chi connectivity index (χ3n) is 4.06. The second kappa shape index (κ2) is 8.52. The monoisotopic (exact) mass is 338 g/mol. The van der Waals surface area contributed by atoms with Gasteiger partial charge in [0.25, 0.3) is 0 Å². The third-order valence-corrected chi connectivity index (χ3v) is 4.99. The van der Waals surface area contributed by atoms with Crippen LogP contribution in [0.3, 0.4) is 0 Å². The first kappa shape index (κ1) is 16.5. The van der Waals surface area contributed by atoms with Crippen molar-refractivity contribution in [2.75, 3.05) is 64.0 Å². The second-order valence-corrected chi connectivity index (χ2v) is 6.61. The van der Waals surface area contributed by atoms with E-state index in [0.717, 1.165) is 38.7 Å². The molecule has 3 heterocycles. The fourth-order valence-electron chi connectivity index (χ4n) is 2.84. The standard InChI is InChI=1S/C16H26N4O2S/c1-2-17-16(18-12-14-13-21-9-10-22-14)20-7-5-19(6-8-20)15-4-3-11-23-15/h3-4,11,14H,2,5-10,12-13H2,1H3,(H,17,18). The lowest BCUT2D eigenvalue weighted by atomic mass is 10.3. The van der Waals surface area contributed by atoms with E-state index in [1.54, 1.807) is 0 Å². The minimum absolute atomic E-state index is 0.0878. The molecule has 2 aliphatic rings. The summed E-state index contributed by atoms with van der Waals surface area (Å²) in [6, 6.07) is 4.31. The van der Waals surface area contributed by atoms with Gasteiger partial charge in [-0.1, -0.05) is 0 Å². The minimum atomic E-state index is 0.0878. The topological polar surface area (TPSA) is 49.3 Å². The highest BCUT2D eigenvalue weighted by atomic mass is 32.1. The number of nitrogens with zero attached hydrogens (tertiary/aromatic N) is 3. The van der Waals surface area contributed by atoms with E-state index in [0.29, 0.717) is 26.4 Å². The van der Waals surface area contributed by atoms with Crippen molar-refractivity contribution in [1.29, 1.82) is 0 Å². The number of rotatable bonds is 4. The first-order chi connectivity index (χ1) is 11.4. The Hall–Kier alpha value is -1.31. The van der Waals surface area contributed by atoms with E-state index >= 15 is 0 Å². The number of ether oxygens (including phenoxy) is 2. The van der Waals surface area contributed by atoms with E-state index < -0.39 is 0 Å². The highest BCUT2D eigenvalue weighted by Gasteiger charge is 2.21. The van der Waals surface area contributed by atoms with Gasteiger partial charge in [-0.3, -0.25) is 4.99 Å². The molecule has 7 heteroatoms. The molecule has 0 radical (unpaired) electrons. The number of hydrogen-bond acceptors (Lipinski definition) is 5. The lowest BCUT2D eigenvalue weighted by Crippen LogP contribution is -2.52. The number of guanidine groups is 1. The van der Waals surface area contributed by atoms with Crippen LogP contribution < -0.4 is 10.2 Å². The zero-order chi connectivity index (χ0) is 15.9. The summed E-state index contributed by atoms with van der Waals surface area (Å²) in [6.07, 6.45) is 0.0878. The van der Waals surface area contributed by atoms with Crippen LogP contribution in [0.15, 0.2) is 22.5 Å². The normalized spacial score (nSPS) is 23.2. The molecule has 1 N–H and O–H groups in total. The zero-order valence-corrected chi connectivity index (χ0v) is 14.6. The van der Waals surface area contributed by atoms with Gasteiger partial charge in [0, 0.05) is 32.7 Å². The molecule has 3 rings (SSSR count). The Bertz CT molecular complexity index is 480. The average Bonchev–Trinajstić information content (AvgIpc) is 3.14. The average molecular weight is 338 g/mol. The predicted molar refractivity (Wildman–Crippen MR) is 94.6 cm³/mol. The van der Waals surface area contributed by atoms with Gasteiger partial charge in [0.2, 0.25) is 0 Å². The van der Waals surface area contributed by atoms with Gasteiger partial charge in [0.05, 0.1) is 31.4 Å². The molecule has 0 amide bonds. The molecule has 2 fully saturated rings. The minimum Gasteiger partial charge on any atom is -0.376 e. The smallest absolute Gasteiger partial charge is 0.194 e. The summed E-state index contributed by atoms with van der Waals surface area (Å²) < 4.78 is 11.1. The molecule has 0 saturated carbocycles. The first-order valence-electron chi connectivity index (χ1n) is 8.38. The quantitative estimate of drug-likeness (QED) is 0.661. The van der Waals surface area contributed by atoms with Crippen LogP contribution in [0.4, 0.5) is 5.00 Å². The molecule has 23 heavy (non-hydrogen) atoms. The van der Waals surface area contributed by atoms with Gasteiger partial charge >= 0.3 is 0 Å². The van der Waals surface area contributed by atoms with Crippen LogP contribution in [0.2, 0.25) is 0 Å². The molecule has 0 aliphatic carbocycles. The Labute approximate surface area is 142 Å². The van der Waals surface area contributed by atoms with Crippen LogP contribution in [-0.2, 0) is 9.47 Å². The summed E-state index contributed by atoms with van der Waals surface area (Å²) in [6.45, 7) is 9.73. The van der Waals surface area contributed by atoms with E-state index in [4.69, 9.17) is 14.5 Å². The molecule has 128 valence electrons. The van der Waals surface area contributed by atoms with Crippen LogP contribution in [0, 0.1) is 0 Å². The molecule has 1 aromatic rings. The Kier molecular flexibility index (Phi) is 6.13. The van der Waals surface area contributed by atoms with Crippen molar-refractivity contribution in [3.63, 3.8) is 0 Å². The van der Waals surface area contributed by atoms with E-state index in [1.807, 2.05) is 11.3 Å². The summed E-state index contributed by atoms with van der Waals surface area (Å²) in [5, 5.41) is 6.90. The molecular weight excluding hydrogens is 312 g/mol. The Morgan fingerprint density at radius 2 is 2.22 bits per heavy atom. The van der Waals surface area contributed by atoms with Gasteiger partial charge < -0.3 is 24.6 Å². The largest absolute Gasteiger partial charge is 0.376 e. The zero-order valence-electron chi connectivity index (χ0n) is 13.7. The number of anilines is 1. The number of hydrogen-bond donors (Lipinski definition) is 1. The summed E-state index contributed by atoms with van der Waals surface area (Å²) in [4.78, 5) is 9.55. The number of piperazine rings is 1. The van der Waals surface area contributed by atoms with Gasteiger partial charge in [0.15, 0.2) is 5.96 Å². The Morgan fingerprint density at radius 3 is 2.87 bits per heavy atom. The number of aliphatic imine (C=N–C) groups is 1. The molecule has 1 aromatic heterocycles. The molecule has 0 spiro atoms. The summed E-state index contributed by atoms with van der Waals surface area (Å²) in [5.74, 6) is 0.993. The molecule has 1 unspecified atom stereocenters. The maximum absolute atomic E-state index is 5.67. The fraction of sp³-hybridized carbons (Fsp3) is 0.688. The van der Waals surface area contributed by atoms with Crippen LogP contribution in [0.1, 0.15) is 6.92 Å². The third kappa shape index (κ3) is 4.59. The second-order valence-electron chi connectivity index (χ2n) is 5.69. The molecular formula is C16H26N4O2S. The van der Waals surface area contributed by atoms with Gasteiger partial charge in [-0.2, -0.15) is 0 Å². The summed E-state index contributed by atoms with van der Waals surface area (Å²) in [7, 11) is 0. The number of thiophene rings is 1. The van der Waals surface area contributed by atoms with Crippen molar-refractivity contribution in [2.24, 2.45) is 4.99 Å². The highest BCUT2D eigenvalue weighted by molar-refractivity contribution is 7.14. The maximum atomic E-state index is 5.67. The van der Waals surface area contributed by atoms with Crippen LogP contribution >= 0.6 is 11.3 Å².